The van der Waals surface area contributed by atoms with E-state index < -0.39 is 17.8 Å². The van der Waals surface area contributed by atoms with Gasteiger partial charge < -0.3 is 14.7 Å². The van der Waals surface area contributed by atoms with Crippen molar-refractivity contribution >= 4 is 39.8 Å². The van der Waals surface area contributed by atoms with Crippen LogP contribution < -0.4 is 4.74 Å². The predicted octanol–water partition coefficient (Wildman–Crippen LogP) is 4.15. The lowest BCUT2D eigenvalue weighted by Gasteiger charge is -2.15. The van der Waals surface area contributed by atoms with E-state index in [9.17, 15) is 23.1 Å². The minimum atomic E-state index is -4.52. The molecule has 0 spiro atoms. The van der Waals surface area contributed by atoms with Gasteiger partial charge in [0.25, 0.3) is 5.91 Å². The molecule has 0 unspecified atom stereocenters. The van der Waals surface area contributed by atoms with Crippen molar-refractivity contribution in [1.29, 1.82) is 0 Å². The van der Waals surface area contributed by atoms with Gasteiger partial charge in [-0.05, 0) is 59.7 Å². The van der Waals surface area contributed by atoms with Crippen LogP contribution in [0.3, 0.4) is 0 Å². The highest BCUT2D eigenvalue weighted by molar-refractivity contribution is 8.18. The highest BCUT2D eigenvalue weighted by atomic mass is 32.2. The number of alkyl halides is 3. The van der Waals surface area contributed by atoms with E-state index in [2.05, 4.69) is 10.1 Å². The number of hydrogen-bond donors (Lipinski definition) is 1. The first kappa shape index (κ1) is 23.4. The fraction of sp³-hybridized carbons (Fsp3) is 0.292. The van der Waals surface area contributed by atoms with E-state index in [-0.39, 0.29) is 23.8 Å². The summed E-state index contributed by atoms with van der Waals surface area (Å²) in [7, 11) is 1.32. The number of hydrogen-bond acceptors (Lipinski definition) is 6. The molecule has 0 aliphatic carbocycles. The third-order valence-electron chi connectivity index (χ3n) is 5.95. The summed E-state index contributed by atoms with van der Waals surface area (Å²) in [5, 5.41) is 15.3. The molecule has 0 bridgehead atoms. The topological polar surface area (TPSA) is 79.9 Å². The average molecular weight is 503 g/mol. The van der Waals surface area contributed by atoms with E-state index in [1.165, 1.54) is 35.7 Å². The summed E-state index contributed by atoms with van der Waals surface area (Å²) < 4.78 is 47.2. The molecule has 5 rings (SSSR count). The minimum absolute atomic E-state index is 0.0595. The summed E-state index contributed by atoms with van der Waals surface area (Å²) in [6.45, 7) is 1.06. The molecule has 2 aliphatic heterocycles. The lowest BCUT2D eigenvalue weighted by atomic mass is 10.1. The van der Waals surface area contributed by atoms with Gasteiger partial charge in [-0.1, -0.05) is 12.1 Å². The molecule has 0 saturated carbocycles. The number of ether oxygens (including phenoxy) is 1. The Bertz CT molecular complexity index is 1370. The lowest BCUT2D eigenvalue weighted by molar-refractivity contribution is -0.138. The van der Waals surface area contributed by atoms with Crippen LogP contribution in [0.2, 0.25) is 0 Å². The monoisotopic (exact) mass is 502 g/mol. The number of halogens is 3. The number of aliphatic hydroxyl groups excluding tert-OH is 1. The maximum absolute atomic E-state index is 13.6. The summed E-state index contributed by atoms with van der Waals surface area (Å²) in [4.78, 5) is 18.9. The van der Waals surface area contributed by atoms with Gasteiger partial charge in [0, 0.05) is 18.5 Å². The second-order valence-corrected chi connectivity index (χ2v) is 9.35. The van der Waals surface area contributed by atoms with Gasteiger partial charge >= 0.3 is 6.18 Å². The SMILES string of the molecule is COc1ccc(Cn2ncc3cc(/C=C4\SC(N5CC[C@H](O)C5)=NC4=O)ccc32)c(C(F)(F)F)c1. The van der Waals surface area contributed by atoms with E-state index >= 15 is 0 Å². The number of carbonyl (C=O) groups excluding carboxylic acids is 1. The van der Waals surface area contributed by atoms with Crippen LogP contribution in [0.25, 0.3) is 17.0 Å². The standard InChI is InChI=1S/C24H21F3N4O3S/c1-34-18-4-3-15(19(10-18)24(25,26)27)12-31-20-5-2-14(8-16(20)11-28-31)9-21-22(33)29-23(35-21)30-7-6-17(32)13-30/h2-5,8-11,17,32H,6-7,12-13H2,1H3/b21-9-/t17-/m0/s1. The van der Waals surface area contributed by atoms with E-state index in [0.717, 1.165) is 17.0 Å². The van der Waals surface area contributed by atoms with Crippen molar-refractivity contribution in [3.05, 3.63) is 64.2 Å². The van der Waals surface area contributed by atoms with Crippen molar-refractivity contribution in [3.8, 4) is 5.75 Å². The highest BCUT2D eigenvalue weighted by Crippen LogP contribution is 2.35. The second-order valence-electron chi connectivity index (χ2n) is 8.34. The molecule has 0 radical (unpaired) electrons. The van der Waals surface area contributed by atoms with Crippen LogP contribution in [0.1, 0.15) is 23.1 Å². The Morgan fingerprint density at radius 3 is 2.80 bits per heavy atom. The molecule has 7 nitrogen and oxygen atoms in total. The van der Waals surface area contributed by atoms with Gasteiger partial charge in [-0.3, -0.25) is 9.48 Å². The second kappa shape index (κ2) is 9.04. The van der Waals surface area contributed by atoms with Crippen molar-refractivity contribution in [1.82, 2.24) is 14.7 Å². The zero-order valence-corrected chi connectivity index (χ0v) is 19.4. The smallest absolute Gasteiger partial charge is 0.416 e. The molecule has 2 aliphatic rings. The van der Waals surface area contributed by atoms with Crippen LogP contribution in [0.15, 0.2) is 52.5 Å². The maximum atomic E-state index is 13.6. The number of amidine groups is 1. The van der Waals surface area contributed by atoms with Gasteiger partial charge in [0.1, 0.15) is 5.75 Å². The number of nitrogens with zero attached hydrogens (tertiary/aromatic N) is 4. The van der Waals surface area contributed by atoms with Gasteiger partial charge in [0.2, 0.25) is 0 Å². The lowest BCUT2D eigenvalue weighted by Crippen LogP contribution is -2.26. The zero-order chi connectivity index (χ0) is 24.7. The van der Waals surface area contributed by atoms with E-state index in [4.69, 9.17) is 4.74 Å². The largest absolute Gasteiger partial charge is 0.497 e. The fourth-order valence-corrected chi connectivity index (χ4v) is 5.12. The number of aliphatic hydroxyl groups is 1. The molecule has 3 aromatic rings. The van der Waals surface area contributed by atoms with Gasteiger partial charge in [0.05, 0.1) is 41.9 Å². The number of β-amino-alcohol motifs (C(OH)–C–C–N with tert-alkyl or cyclic N) is 1. The first-order valence-corrected chi connectivity index (χ1v) is 11.7. The van der Waals surface area contributed by atoms with Crippen LogP contribution in [-0.4, -0.2) is 57.2 Å². The Hall–Kier alpha value is -3.31. The number of fused-ring (bicyclic) bond motifs is 1. The van der Waals surface area contributed by atoms with Crippen LogP contribution in [0.5, 0.6) is 5.75 Å². The molecule has 1 aromatic heterocycles. The van der Waals surface area contributed by atoms with Crippen LogP contribution in [0, 0.1) is 0 Å². The number of carbonyl (C=O) groups is 1. The third-order valence-corrected chi connectivity index (χ3v) is 6.99. The van der Waals surface area contributed by atoms with E-state index in [1.54, 1.807) is 24.4 Å². The van der Waals surface area contributed by atoms with Crippen LogP contribution >= 0.6 is 11.8 Å². The number of amides is 1. The number of likely N-dealkylation sites (tertiary alicyclic amines) is 1. The molecular formula is C24H21F3N4O3S. The van der Waals surface area contributed by atoms with Crippen molar-refractivity contribution < 1.29 is 27.8 Å². The molecule has 3 heterocycles. The number of rotatable bonds is 4. The molecule has 1 fully saturated rings. The third kappa shape index (κ3) is 4.78. The molecule has 35 heavy (non-hydrogen) atoms. The Morgan fingerprint density at radius 2 is 2.09 bits per heavy atom. The van der Waals surface area contributed by atoms with Crippen molar-refractivity contribution in [2.75, 3.05) is 20.2 Å². The number of methoxy groups -OCH3 is 1. The molecule has 11 heteroatoms. The number of aromatic nitrogens is 2. The van der Waals surface area contributed by atoms with E-state index in [0.29, 0.717) is 35.1 Å². The number of thioether (sulfide) groups is 1. The van der Waals surface area contributed by atoms with Crippen LogP contribution in [0.4, 0.5) is 13.2 Å². The van der Waals surface area contributed by atoms with E-state index in [1.807, 2.05) is 11.0 Å². The summed E-state index contributed by atoms with van der Waals surface area (Å²) in [6, 6.07) is 9.27. The normalized spacial score (nSPS) is 19.7. The molecule has 1 N–H and O–H groups in total. The van der Waals surface area contributed by atoms with Crippen molar-refractivity contribution in [3.63, 3.8) is 0 Å². The quantitative estimate of drug-likeness (QED) is 0.540. The number of benzene rings is 2. The average Bonchev–Trinajstić information content (AvgIpc) is 3.52. The first-order valence-electron chi connectivity index (χ1n) is 10.9. The predicted molar refractivity (Wildman–Crippen MR) is 127 cm³/mol. The Balaban J connectivity index is 1.38. The zero-order valence-electron chi connectivity index (χ0n) is 18.6. The van der Waals surface area contributed by atoms with Crippen molar-refractivity contribution in [2.45, 2.75) is 25.2 Å². The summed E-state index contributed by atoms with van der Waals surface area (Å²) in [5.41, 5.74) is 0.745. The summed E-state index contributed by atoms with van der Waals surface area (Å²) in [5.74, 6) is -0.196. The minimum Gasteiger partial charge on any atom is -0.497 e. The molecule has 2 aromatic carbocycles. The van der Waals surface area contributed by atoms with Gasteiger partial charge in [-0.2, -0.15) is 23.3 Å². The Labute approximate surface area is 202 Å². The summed E-state index contributed by atoms with van der Waals surface area (Å²) in [6.07, 6.45) is -0.964. The maximum Gasteiger partial charge on any atom is 0.416 e. The van der Waals surface area contributed by atoms with Gasteiger partial charge in [0.15, 0.2) is 5.17 Å². The van der Waals surface area contributed by atoms with Crippen molar-refractivity contribution in [2.24, 2.45) is 4.99 Å². The number of aliphatic imine (C=N–C) groups is 1. The molecule has 182 valence electrons. The Kier molecular flexibility index (Phi) is 6.06. The molecule has 1 saturated heterocycles. The highest BCUT2D eigenvalue weighted by Gasteiger charge is 2.34. The fourth-order valence-electron chi connectivity index (χ4n) is 4.17. The first-order chi connectivity index (χ1) is 16.7. The van der Waals surface area contributed by atoms with Gasteiger partial charge in [-0.25, -0.2) is 0 Å². The molecule has 1 amide bonds. The van der Waals surface area contributed by atoms with Gasteiger partial charge in [-0.15, -0.1) is 0 Å². The molecular weight excluding hydrogens is 481 g/mol. The Morgan fingerprint density at radius 1 is 1.26 bits per heavy atom. The summed E-state index contributed by atoms with van der Waals surface area (Å²) >= 11 is 1.27. The van der Waals surface area contributed by atoms with Crippen LogP contribution in [-0.2, 0) is 17.5 Å². The molecule has 1 atom stereocenters.